The van der Waals surface area contributed by atoms with E-state index in [1.165, 1.54) is 32.6 Å². The molecule has 0 atom stereocenters. The van der Waals surface area contributed by atoms with Gasteiger partial charge in [0.05, 0.1) is 22.1 Å². The van der Waals surface area contributed by atoms with Crippen LogP contribution >= 0.6 is 0 Å². The molecule has 6 nitrogen and oxygen atoms in total. The van der Waals surface area contributed by atoms with Crippen molar-refractivity contribution in [3.8, 4) is 56.7 Å². The summed E-state index contributed by atoms with van der Waals surface area (Å²) in [5, 5.41) is 7.07. The summed E-state index contributed by atoms with van der Waals surface area (Å²) in [5.74, 6) is 1.83. The van der Waals surface area contributed by atoms with Gasteiger partial charge in [-0.1, -0.05) is 140 Å². The maximum atomic E-state index is 6.25. The van der Waals surface area contributed by atoms with Crippen LogP contribution in [-0.4, -0.2) is 24.1 Å². The van der Waals surface area contributed by atoms with Crippen LogP contribution in [0.2, 0.25) is 0 Å². The van der Waals surface area contributed by atoms with Gasteiger partial charge in [-0.05, 0) is 83.9 Å². The van der Waals surface area contributed by atoms with E-state index in [1.807, 2.05) is 48.5 Å². The Bertz CT molecular complexity index is 3900. The lowest BCUT2D eigenvalue weighted by atomic mass is 10.0. The van der Waals surface area contributed by atoms with Crippen LogP contribution in [0.1, 0.15) is 0 Å². The van der Waals surface area contributed by atoms with Gasteiger partial charge in [0.15, 0.2) is 17.5 Å². The van der Waals surface area contributed by atoms with Gasteiger partial charge < -0.3 is 13.6 Å². The topological polar surface area (TPSA) is 61.7 Å². The number of rotatable bonds is 6. The first-order valence-electron chi connectivity index (χ1n) is 21.2. The average Bonchev–Trinajstić information content (AvgIpc) is 4.02. The maximum Gasteiger partial charge on any atom is 0.164 e. The smallest absolute Gasteiger partial charge is 0.164 e. The second kappa shape index (κ2) is 14.0. The van der Waals surface area contributed by atoms with E-state index in [2.05, 4.69) is 173 Å². The summed E-state index contributed by atoms with van der Waals surface area (Å²) in [6.07, 6.45) is 0. The van der Waals surface area contributed by atoms with Crippen LogP contribution in [0.5, 0.6) is 0 Å². The van der Waals surface area contributed by atoms with Crippen molar-refractivity contribution >= 4 is 65.6 Å². The number of fused-ring (bicyclic) bond motifs is 10. The fourth-order valence-corrected chi connectivity index (χ4v) is 9.47. The highest BCUT2D eigenvalue weighted by Gasteiger charge is 2.22. The molecule has 294 valence electrons. The van der Waals surface area contributed by atoms with E-state index in [0.29, 0.717) is 17.5 Å². The van der Waals surface area contributed by atoms with Gasteiger partial charge in [0.2, 0.25) is 0 Å². The molecular formula is C57H35N5O. The summed E-state index contributed by atoms with van der Waals surface area (Å²) in [4.78, 5) is 15.3. The number of furan rings is 1. The van der Waals surface area contributed by atoms with E-state index in [0.717, 1.165) is 72.2 Å². The minimum absolute atomic E-state index is 0.605. The van der Waals surface area contributed by atoms with Gasteiger partial charge in [0.25, 0.3) is 0 Å². The van der Waals surface area contributed by atoms with Gasteiger partial charge in [0.1, 0.15) is 11.2 Å². The third-order valence-corrected chi connectivity index (χ3v) is 12.4. The third kappa shape index (κ3) is 5.62. The molecule has 4 heterocycles. The van der Waals surface area contributed by atoms with Gasteiger partial charge in [-0.25, -0.2) is 15.0 Å². The van der Waals surface area contributed by atoms with Crippen LogP contribution < -0.4 is 0 Å². The molecule has 9 aromatic carbocycles. The highest BCUT2D eigenvalue weighted by atomic mass is 16.3. The summed E-state index contributed by atoms with van der Waals surface area (Å²) in [7, 11) is 0. The molecule has 0 amide bonds. The monoisotopic (exact) mass is 805 g/mol. The van der Waals surface area contributed by atoms with Gasteiger partial charge in [0, 0.05) is 60.4 Å². The summed E-state index contributed by atoms with van der Waals surface area (Å²) in [6, 6.07) is 74.4. The minimum atomic E-state index is 0.605. The quantitative estimate of drug-likeness (QED) is 0.168. The molecule has 0 aliphatic heterocycles. The Balaban J connectivity index is 0.961. The molecular weight excluding hydrogens is 771 g/mol. The highest BCUT2D eigenvalue weighted by molar-refractivity contribution is 6.23. The molecule has 0 aliphatic rings. The number of nitrogens with zero attached hydrogens (tertiary/aromatic N) is 5. The molecule has 0 spiro atoms. The number of hydrogen-bond acceptors (Lipinski definition) is 4. The van der Waals surface area contributed by atoms with Crippen molar-refractivity contribution in [2.24, 2.45) is 0 Å². The predicted molar refractivity (Wildman–Crippen MR) is 258 cm³/mol. The van der Waals surface area contributed by atoms with Gasteiger partial charge in [-0.3, -0.25) is 0 Å². The van der Waals surface area contributed by atoms with E-state index < -0.39 is 0 Å². The lowest BCUT2D eigenvalue weighted by molar-refractivity contribution is 0.669. The van der Waals surface area contributed by atoms with Gasteiger partial charge >= 0.3 is 0 Å². The number of para-hydroxylation sites is 4. The van der Waals surface area contributed by atoms with Crippen LogP contribution in [0.4, 0.5) is 0 Å². The predicted octanol–water partition coefficient (Wildman–Crippen LogP) is 14.6. The molecule has 0 bridgehead atoms. The second-order valence-corrected chi connectivity index (χ2v) is 16.0. The first-order valence-corrected chi connectivity index (χ1v) is 21.2. The first kappa shape index (κ1) is 35.2. The molecule has 0 N–H and O–H groups in total. The molecule has 13 rings (SSSR count). The van der Waals surface area contributed by atoms with E-state index in [1.54, 1.807) is 0 Å². The molecule has 0 unspecified atom stereocenters. The normalized spacial score (nSPS) is 11.8. The SMILES string of the molecule is c1ccc(-c2nc(-c3ccc(-n4c5ccccc5c5ccc6c7ccccc7n(-c7ccccc7)c6c54)cc3)nc(-c3cccc(-c4ccc5c(c4)oc4ccccc45)c3)n2)cc1. The number of aromatic nitrogens is 5. The van der Waals surface area contributed by atoms with Crippen molar-refractivity contribution in [2.75, 3.05) is 0 Å². The van der Waals surface area contributed by atoms with Crippen LogP contribution in [0, 0.1) is 0 Å². The molecule has 0 aliphatic carbocycles. The molecule has 0 radical (unpaired) electrons. The third-order valence-electron chi connectivity index (χ3n) is 12.4. The first-order chi connectivity index (χ1) is 31.2. The van der Waals surface area contributed by atoms with Gasteiger partial charge in [-0.2, -0.15) is 0 Å². The highest BCUT2D eigenvalue weighted by Crippen LogP contribution is 2.42. The fourth-order valence-electron chi connectivity index (χ4n) is 9.47. The van der Waals surface area contributed by atoms with Crippen LogP contribution in [0.25, 0.3) is 122 Å². The van der Waals surface area contributed by atoms with Crippen molar-refractivity contribution < 1.29 is 4.42 Å². The van der Waals surface area contributed by atoms with E-state index in [9.17, 15) is 0 Å². The van der Waals surface area contributed by atoms with Crippen molar-refractivity contribution in [2.45, 2.75) is 0 Å². The Labute approximate surface area is 361 Å². The fraction of sp³-hybridized carbons (Fsp3) is 0. The average molecular weight is 806 g/mol. The molecule has 0 saturated heterocycles. The van der Waals surface area contributed by atoms with Gasteiger partial charge in [-0.15, -0.1) is 0 Å². The Hall–Kier alpha value is -8.61. The molecule has 0 saturated carbocycles. The Morgan fingerprint density at radius 2 is 0.730 bits per heavy atom. The van der Waals surface area contributed by atoms with Crippen molar-refractivity contribution in [1.29, 1.82) is 0 Å². The number of hydrogen-bond donors (Lipinski definition) is 0. The Morgan fingerprint density at radius 3 is 1.40 bits per heavy atom. The summed E-state index contributed by atoms with van der Waals surface area (Å²) in [6.45, 7) is 0. The summed E-state index contributed by atoms with van der Waals surface area (Å²) < 4.78 is 11.1. The Kier molecular flexibility index (Phi) is 7.80. The summed E-state index contributed by atoms with van der Waals surface area (Å²) >= 11 is 0. The van der Waals surface area contributed by atoms with E-state index >= 15 is 0 Å². The zero-order chi connectivity index (χ0) is 41.4. The molecule has 6 heteroatoms. The molecule has 63 heavy (non-hydrogen) atoms. The second-order valence-electron chi connectivity index (χ2n) is 16.0. The van der Waals surface area contributed by atoms with Crippen molar-refractivity contribution in [3.05, 3.63) is 212 Å². The largest absolute Gasteiger partial charge is 0.456 e. The maximum absolute atomic E-state index is 6.25. The van der Waals surface area contributed by atoms with Crippen LogP contribution in [-0.2, 0) is 0 Å². The summed E-state index contributed by atoms with van der Waals surface area (Å²) in [5.41, 5.74) is 13.4. The van der Waals surface area contributed by atoms with Crippen LogP contribution in [0.3, 0.4) is 0 Å². The van der Waals surface area contributed by atoms with Crippen molar-refractivity contribution in [1.82, 2.24) is 24.1 Å². The zero-order valence-corrected chi connectivity index (χ0v) is 33.9. The standard InChI is InChI=1S/C57H35N5O/c1-3-14-36(15-4-1)55-58-56(60-57(59-55)40-17-13-16-38(34-40)39-28-31-46-45-22-9-12-25-51(45)63-52(46)35-39)37-26-29-42(30-27-37)62-50-24-11-8-21-44(50)48-33-32-47-43-20-7-10-23-49(43)61(53(47)54(48)62)41-18-5-2-6-19-41/h1-35H. The lowest BCUT2D eigenvalue weighted by Crippen LogP contribution is -2.01. The van der Waals surface area contributed by atoms with E-state index in [4.69, 9.17) is 19.4 Å². The van der Waals surface area contributed by atoms with E-state index in [-0.39, 0.29) is 0 Å². The lowest BCUT2D eigenvalue weighted by Gasteiger charge is -2.13. The zero-order valence-electron chi connectivity index (χ0n) is 33.9. The molecule has 4 aromatic heterocycles. The molecule has 0 fully saturated rings. The van der Waals surface area contributed by atoms with Crippen LogP contribution in [0.15, 0.2) is 217 Å². The van der Waals surface area contributed by atoms with Crippen molar-refractivity contribution in [3.63, 3.8) is 0 Å². The Morgan fingerprint density at radius 1 is 0.286 bits per heavy atom. The minimum Gasteiger partial charge on any atom is -0.456 e. The number of benzene rings is 9. The molecule has 13 aromatic rings.